The Bertz CT molecular complexity index is 532. The van der Waals surface area contributed by atoms with Gasteiger partial charge in [0, 0.05) is 18.7 Å². The molecule has 0 radical (unpaired) electrons. The fourth-order valence-electron chi connectivity index (χ4n) is 1.62. The molecule has 0 aliphatic heterocycles. The van der Waals surface area contributed by atoms with Crippen molar-refractivity contribution in [3.8, 4) is 17.0 Å². The Labute approximate surface area is 86.8 Å². The van der Waals surface area contributed by atoms with Gasteiger partial charge in [0.15, 0.2) is 0 Å². The molecule has 2 N–H and O–H groups in total. The second kappa shape index (κ2) is 3.31. The van der Waals surface area contributed by atoms with Crippen molar-refractivity contribution in [1.82, 2.24) is 9.78 Å². The molecule has 4 nitrogen and oxygen atoms in total. The zero-order valence-corrected chi connectivity index (χ0v) is 8.61. The van der Waals surface area contributed by atoms with Gasteiger partial charge < -0.3 is 5.11 Å². The van der Waals surface area contributed by atoms with E-state index in [9.17, 15) is 9.90 Å². The number of aromatic amines is 1. The summed E-state index contributed by atoms with van der Waals surface area (Å²) in [6, 6.07) is 6.74. The van der Waals surface area contributed by atoms with E-state index in [0.29, 0.717) is 11.3 Å². The van der Waals surface area contributed by atoms with Crippen LogP contribution in [-0.2, 0) is 7.05 Å². The van der Waals surface area contributed by atoms with Crippen LogP contribution < -0.4 is 5.56 Å². The van der Waals surface area contributed by atoms with Crippen molar-refractivity contribution in [3.63, 3.8) is 0 Å². The van der Waals surface area contributed by atoms with E-state index in [0.717, 1.165) is 5.56 Å². The summed E-state index contributed by atoms with van der Waals surface area (Å²) in [5.41, 5.74) is 2.12. The highest BCUT2D eigenvalue weighted by Gasteiger charge is 2.10. The standard InChI is InChI=1S/C11H12N2O2/c1-7-4-3-5-9(14)11(7)8-6-10(15)13(2)12-8/h3-6,12,14H,1-2H3. The van der Waals surface area contributed by atoms with Crippen LogP contribution in [-0.4, -0.2) is 14.9 Å². The van der Waals surface area contributed by atoms with Crippen LogP contribution in [0.25, 0.3) is 11.3 Å². The Balaban J connectivity index is 2.68. The SMILES string of the molecule is Cc1cccc(O)c1-c1cc(=O)n(C)[nH]1. The Morgan fingerprint density at radius 3 is 2.67 bits per heavy atom. The first-order valence-electron chi connectivity index (χ1n) is 4.64. The topological polar surface area (TPSA) is 58.0 Å². The third-order valence-electron chi connectivity index (χ3n) is 2.41. The minimum absolute atomic E-state index is 0.118. The average Bonchev–Trinajstić information content (AvgIpc) is 2.46. The Kier molecular flexibility index (Phi) is 2.11. The lowest BCUT2D eigenvalue weighted by Crippen LogP contribution is -2.09. The van der Waals surface area contributed by atoms with Crippen molar-refractivity contribution < 1.29 is 5.11 Å². The van der Waals surface area contributed by atoms with Crippen molar-refractivity contribution in [2.75, 3.05) is 0 Å². The maximum atomic E-state index is 11.3. The third-order valence-corrected chi connectivity index (χ3v) is 2.41. The highest BCUT2D eigenvalue weighted by molar-refractivity contribution is 5.70. The summed E-state index contributed by atoms with van der Waals surface area (Å²) in [6.07, 6.45) is 0. The normalized spacial score (nSPS) is 10.5. The second-order valence-corrected chi connectivity index (χ2v) is 3.54. The minimum Gasteiger partial charge on any atom is -0.507 e. The molecule has 0 spiro atoms. The molecule has 78 valence electrons. The maximum Gasteiger partial charge on any atom is 0.266 e. The van der Waals surface area contributed by atoms with E-state index in [1.54, 1.807) is 19.2 Å². The van der Waals surface area contributed by atoms with Crippen LogP contribution in [0, 0.1) is 6.92 Å². The summed E-state index contributed by atoms with van der Waals surface area (Å²) < 4.78 is 1.38. The molecule has 0 fully saturated rings. The average molecular weight is 204 g/mol. The van der Waals surface area contributed by atoms with Crippen LogP contribution in [0.1, 0.15) is 5.56 Å². The Hall–Kier alpha value is -1.97. The molecular weight excluding hydrogens is 192 g/mol. The lowest BCUT2D eigenvalue weighted by Gasteiger charge is -2.05. The van der Waals surface area contributed by atoms with Gasteiger partial charge in [-0.1, -0.05) is 12.1 Å². The van der Waals surface area contributed by atoms with E-state index in [-0.39, 0.29) is 11.3 Å². The van der Waals surface area contributed by atoms with Crippen LogP contribution in [0.5, 0.6) is 5.75 Å². The highest BCUT2D eigenvalue weighted by atomic mass is 16.3. The second-order valence-electron chi connectivity index (χ2n) is 3.54. The van der Waals surface area contributed by atoms with E-state index in [1.165, 1.54) is 10.7 Å². The van der Waals surface area contributed by atoms with E-state index < -0.39 is 0 Å². The Morgan fingerprint density at radius 1 is 1.40 bits per heavy atom. The summed E-state index contributed by atoms with van der Waals surface area (Å²) in [4.78, 5) is 11.3. The molecule has 0 aliphatic rings. The molecular formula is C11H12N2O2. The van der Waals surface area contributed by atoms with E-state index in [2.05, 4.69) is 5.10 Å². The first-order valence-corrected chi connectivity index (χ1v) is 4.64. The summed E-state index contributed by atoms with van der Waals surface area (Å²) in [6.45, 7) is 1.89. The van der Waals surface area contributed by atoms with Crippen LogP contribution in [0.2, 0.25) is 0 Å². The fraction of sp³-hybridized carbons (Fsp3) is 0.182. The molecule has 15 heavy (non-hydrogen) atoms. The van der Waals surface area contributed by atoms with E-state index in [1.807, 2.05) is 13.0 Å². The number of aryl methyl sites for hydroxylation is 2. The number of nitrogens with one attached hydrogen (secondary N) is 1. The summed E-state index contributed by atoms with van der Waals surface area (Å²) in [5.74, 6) is 0.178. The molecule has 2 aromatic rings. The summed E-state index contributed by atoms with van der Waals surface area (Å²) >= 11 is 0. The lowest BCUT2D eigenvalue weighted by atomic mass is 10.1. The van der Waals surface area contributed by atoms with Crippen molar-refractivity contribution in [2.45, 2.75) is 6.92 Å². The van der Waals surface area contributed by atoms with Gasteiger partial charge in [-0.05, 0) is 18.6 Å². The smallest absolute Gasteiger partial charge is 0.266 e. The number of H-pyrrole nitrogens is 1. The van der Waals surface area contributed by atoms with Crippen molar-refractivity contribution >= 4 is 0 Å². The molecule has 0 bridgehead atoms. The van der Waals surface area contributed by atoms with E-state index >= 15 is 0 Å². The minimum atomic E-state index is -0.118. The van der Waals surface area contributed by atoms with Crippen molar-refractivity contribution in [3.05, 3.63) is 40.2 Å². The zero-order chi connectivity index (χ0) is 11.0. The van der Waals surface area contributed by atoms with Crippen LogP contribution in [0.4, 0.5) is 0 Å². The Morgan fingerprint density at radius 2 is 2.13 bits per heavy atom. The largest absolute Gasteiger partial charge is 0.507 e. The predicted molar refractivity (Wildman–Crippen MR) is 57.9 cm³/mol. The lowest BCUT2D eigenvalue weighted by molar-refractivity contribution is 0.476. The quantitative estimate of drug-likeness (QED) is 0.737. The number of aromatic hydroxyl groups is 1. The number of nitrogens with zero attached hydrogens (tertiary/aromatic N) is 1. The maximum absolute atomic E-state index is 11.3. The fourth-order valence-corrected chi connectivity index (χ4v) is 1.62. The van der Waals surface area contributed by atoms with Crippen LogP contribution in [0.15, 0.2) is 29.1 Å². The number of hydrogen-bond acceptors (Lipinski definition) is 2. The van der Waals surface area contributed by atoms with Gasteiger partial charge in [-0.3, -0.25) is 14.6 Å². The molecule has 0 aliphatic carbocycles. The molecule has 1 aromatic heterocycles. The molecule has 4 heteroatoms. The number of rotatable bonds is 1. The number of phenolic OH excluding ortho intramolecular Hbond substituents is 1. The monoisotopic (exact) mass is 204 g/mol. The van der Waals surface area contributed by atoms with Gasteiger partial charge in [-0.25, -0.2) is 0 Å². The zero-order valence-electron chi connectivity index (χ0n) is 8.61. The van der Waals surface area contributed by atoms with Crippen LogP contribution >= 0.6 is 0 Å². The van der Waals surface area contributed by atoms with Gasteiger partial charge in [0.25, 0.3) is 5.56 Å². The highest BCUT2D eigenvalue weighted by Crippen LogP contribution is 2.29. The van der Waals surface area contributed by atoms with Gasteiger partial charge in [0.1, 0.15) is 5.75 Å². The summed E-state index contributed by atoms with van der Waals surface area (Å²) in [5, 5.41) is 12.6. The van der Waals surface area contributed by atoms with Crippen molar-refractivity contribution in [2.24, 2.45) is 7.05 Å². The molecule has 1 heterocycles. The third kappa shape index (κ3) is 1.54. The first-order chi connectivity index (χ1) is 7.09. The molecule has 0 amide bonds. The number of aromatic nitrogens is 2. The molecule has 0 atom stereocenters. The van der Waals surface area contributed by atoms with Gasteiger partial charge in [-0.15, -0.1) is 0 Å². The first kappa shape index (κ1) is 9.58. The molecule has 2 rings (SSSR count). The van der Waals surface area contributed by atoms with Gasteiger partial charge in [0.2, 0.25) is 0 Å². The number of benzene rings is 1. The molecule has 1 aromatic carbocycles. The van der Waals surface area contributed by atoms with Gasteiger partial charge >= 0.3 is 0 Å². The number of phenols is 1. The van der Waals surface area contributed by atoms with Gasteiger partial charge in [0.05, 0.1) is 5.69 Å². The van der Waals surface area contributed by atoms with Crippen molar-refractivity contribution in [1.29, 1.82) is 0 Å². The molecule has 0 saturated carbocycles. The molecule has 0 unspecified atom stereocenters. The predicted octanol–water partition coefficient (Wildman–Crippen LogP) is 1.39. The van der Waals surface area contributed by atoms with Crippen LogP contribution in [0.3, 0.4) is 0 Å². The molecule has 0 saturated heterocycles. The number of hydrogen-bond donors (Lipinski definition) is 2. The van der Waals surface area contributed by atoms with E-state index in [4.69, 9.17) is 0 Å². The van der Waals surface area contributed by atoms with Gasteiger partial charge in [-0.2, -0.15) is 0 Å². The summed E-state index contributed by atoms with van der Waals surface area (Å²) in [7, 11) is 1.64.